The molecule has 4 nitrogen and oxygen atoms in total. The Morgan fingerprint density at radius 2 is 1.17 bits per heavy atom. The number of ketones is 1. The quantitative estimate of drug-likeness (QED) is 0.0441. The zero-order valence-corrected chi connectivity index (χ0v) is 22.6. The second-order valence-corrected chi connectivity index (χ2v) is 9.87. The van der Waals surface area contributed by atoms with Gasteiger partial charge in [0, 0.05) is 5.56 Å². The summed E-state index contributed by atoms with van der Waals surface area (Å²) in [5.74, 6) is -0.213. The van der Waals surface area contributed by atoms with Crippen LogP contribution < -0.4 is 9.47 Å². The Hall–Kier alpha value is -2.33. The number of ether oxygens (including phenoxy) is 2. The molecule has 0 aromatic heterocycles. The van der Waals surface area contributed by atoms with E-state index in [1.54, 1.807) is 48.5 Å². The van der Waals surface area contributed by atoms with Crippen LogP contribution in [0, 0.1) is 0 Å². The minimum Gasteiger partial charge on any atom is -0.494 e. The van der Waals surface area contributed by atoms with Gasteiger partial charge in [-0.1, -0.05) is 109 Å². The number of benzene rings is 2. The van der Waals surface area contributed by atoms with Crippen LogP contribution in [0.1, 0.15) is 107 Å². The zero-order valence-electron chi connectivity index (χ0n) is 21.9. The Bertz CT molecular complexity index is 851. The van der Waals surface area contributed by atoms with Crippen LogP contribution in [0.4, 0.5) is 0 Å². The number of hydrogen-bond donors (Lipinski definition) is 0. The number of rotatable bonds is 20. The third kappa shape index (κ3) is 12.6. The fraction of sp³-hybridized carbons (Fsp3) is 0.548. The Morgan fingerprint density at radius 3 is 1.69 bits per heavy atom. The minimum absolute atomic E-state index is 0.351. The van der Waals surface area contributed by atoms with Gasteiger partial charge in [-0.25, -0.2) is 4.79 Å². The van der Waals surface area contributed by atoms with Gasteiger partial charge in [0.05, 0.1) is 6.61 Å². The van der Waals surface area contributed by atoms with Gasteiger partial charge in [-0.15, -0.1) is 11.6 Å². The minimum atomic E-state index is -1.40. The second-order valence-electron chi connectivity index (χ2n) is 9.43. The summed E-state index contributed by atoms with van der Waals surface area (Å²) in [7, 11) is 0. The summed E-state index contributed by atoms with van der Waals surface area (Å²) in [6.45, 7) is 2.93. The molecule has 0 N–H and O–H groups in total. The monoisotopic (exact) mass is 514 g/mol. The second kappa shape index (κ2) is 18.9. The highest BCUT2D eigenvalue weighted by atomic mass is 35.5. The maximum Gasteiger partial charge on any atom is 0.337 e. The largest absolute Gasteiger partial charge is 0.494 e. The first-order valence-electron chi connectivity index (χ1n) is 13.8. The molecule has 0 amide bonds. The summed E-state index contributed by atoms with van der Waals surface area (Å²) in [4.78, 5) is 24.7. The van der Waals surface area contributed by atoms with Crippen molar-refractivity contribution in [2.45, 2.75) is 102 Å². The van der Waals surface area contributed by atoms with E-state index in [0.29, 0.717) is 23.7 Å². The van der Waals surface area contributed by atoms with Crippen molar-refractivity contribution in [3.63, 3.8) is 0 Å². The molecular formula is C31H43ClO4. The maximum atomic E-state index is 12.5. The van der Waals surface area contributed by atoms with Gasteiger partial charge in [-0.05, 0) is 42.8 Å². The van der Waals surface area contributed by atoms with Crippen molar-refractivity contribution >= 4 is 23.4 Å². The number of hydrogen-bond acceptors (Lipinski definition) is 4. The maximum absolute atomic E-state index is 12.5. The van der Waals surface area contributed by atoms with Crippen LogP contribution in [0.3, 0.4) is 0 Å². The third-order valence-corrected chi connectivity index (χ3v) is 6.68. The van der Waals surface area contributed by atoms with Crippen molar-refractivity contribution in [3.05, 3.63) is 60.2 Å². The summed E-state index contributed by atoms with van der Waals surface area (Å²) in [6.07, 6.45) is 18.6. The molecule has 0 heterocycles. The highest BCUT2D eigenvalue weighted by Crippen LogP contribution is 2.18. The van der Waals surface area contributed by atoms with Gasteiger partial charge in [-0.3, -0.25) is 4.79 Å². The van der Waals surface area contributed by atoms with Crippen LogP contribution in [-0.4, -0.2) is 23.7 Å². The Labute approximate surface area is 222 Å². The van der Waals surface area contributed by atoms with E-state index in [-0.39, 0.29) is 0 Å². The molecular weight excluding hydrogens is 472 g/mol. The third-order valence-electron chi connectivity index (χ3n) is 6.30. The average Bonchev–Trinajstić information content (AvgIpc) is 2.91. The van der Waals surface area contributed by atoms with Gasteiger partial charge in [-0.2, -0.15) is 0 Å². The van der Waals surface area contributed by atoms with Gasteiger partial charge < -0.3 is 9.47 Å². The molecule has 0 aliphatic carbocycles. The smallest absolute Gasteiger partial charge is 0.337 e. The Kier molecular flexibility index (Phi) is 15.7. The molecule has 198 valence electrons. The van der Waals surface area contributed by atoms with Gasteiger partial charge in [0.15, 0.2) is 11.2 Å². The fourth-order valence-corrected chi connectivity index (χ4v) is 4.28. The van der Waals surface area contributed by atoms with Crippen molar-refractivity contribution in [2.24, 2.45) is 0 Å². The van der Waals surface area contributed by atoms with Crippen molar-refractivity contribution in [1.82, 2.24) is 0 Å². The molecule has 0 spiro atoms. The molecule has 2 rings (SSSR count). The fourth-order valence-electron chi connectivity index (χ4n) is 4.11. The van der Waals surface area contributed by atoms with Gasteiger partial charge in [0.1, 0.15) is 11.5 Å². The molecule has 1 atom stereocenters. The molecule has 36 heavy (non-hydrogen) atoms. The predicted octanol–water partition coefficient (Wildman–Crippen LogP) is 8.94. The molecule has 0 saturated carbocycles. The van der Waals surface area contributed by atoms with Crippen LogP contribution in [0.2, 0.25) is 0 Å². The standard InChI is InChI=1S/C31H43ClO4/c1-2-3-4-5-6-7-8-9-10-11-12-13-14-18-25-35-27-23-21-26(22-24-27)30(33)29(32)31(34)36-28-19-16-15-17-20-28/h15-17,19-24,29H,2-14,18,25H2,1H3. The first-order valence-corrected chi connectivity index (χ1v) is 14.2. The average molecular weight is 515 g/mol. The van der Waals surface area contributed by atoms with E-state index in [1.807, 2.05) is 6.07 Å². The first-order chi connectivity index (χ1) is 17.6. The van der Waals surface area contributed by atoms with Crippen LogP contribution in [0.5, 0.6) is 11.5 Å². The summed E-state index contributed by atoms with van der Waals surface area (Å²) in [5, 5.41) is -1.40. The number of esters is 1. The molecule has 2 aromatic carbocycles. The highest BCUT2D eigenvalue weighted by Gasteiger charge is 2.27. The lowest BCUT2D eigenvalue weighted by Gasteiger charge is -2.10. The number of halogens is 1. The van der Waals surface area contributed by atoms with Gasteiger partial charge >= 0.3 is 5.97 Å². The van der Waals surface area contributed by atoms with E-state index >= 15 is 0 Å². The van der Waals surface area contributed by atoms with E-state index in [0.717, 1.165) is 6.42 Å². The van der Waals surface area contributed by atoms with Crippen LogP contribution >= 0.6 is 11.6 Å². The first kappa shape index (κ1) is 29.9. The van der Waals surface area contributed by atoms with E-state index in [9.17, 15) is 9.59 Å². The van der Waals surface area contributed by atoms with E-state index in [1.165, 1.54) is 83.5 Å². The number of alkyl halides is 1. The SMILES string of the molecule is CCCCCCCCCCCCCCCCOc1ccc(C(=O)C(Cl)C(=O)Oc2ccccc2)cc1. The molecule has 5 heteroatoms. The topological polar surface area (TPSA) is 52.6 Å². The molecule has 1 unspecified atom stereocenters. The molecule has 0 bridgehead atoms. The number of carbonyl (C=O) groups is 2. The molecule has 0 fully saturated rings. The van der Waals surface area contributed by atoms with Crippen molar-refractivity contribution in [3.8, 4) is 11.5 Å². The van der Waals surface area contributed by atoms with Gasteiger partial charge in [0.2, 0.25) is 0 Å². The Morgan fingerprint density at radius 1 is 0.667 bits per heavy atom. The van der Waals surface area contributed by atoms with Crippen molar-refractivity contribution < 1.29 is 19.1 Å². The van der Waals surface area contributed by atoms with E-state index in [2.05, 4.69) is 6.92 Å². The normalized spacial score (nSPS) is 11.7. The van der Waals surface area contributed by atoms with E-state index in [4.69, 9.17) is 21.1 Å². The summed E-state index contributed by atoms with van der Waals surface area (Å²) < 4.78 is 11.0. The number of carbonyl (C=O) groups excluding carboxylic acids is 2. The lowest BCUT2D eigenvalue weighted by atomic mass is 10.0. The summed E-state index contributed by atoms with van der Waals surface area (Å²) >= 11 is 6.06. The van der Waals surface area contributed by atoms with Crippen LogP contribution in [0.15, 0.2) is 54.6 Å². The molecule has 0 aliphatic rings. The number of para-hydroxylation sites is 1. The lowest BCUT2D eigenvalue weighted by molar-refractivity contribution is -0.133. The molecule has 0 radical (unpaired) electrons. The molecule has 0 saturated heterocycles. The lowest BCUT2D eigenvalue weighted by Crippen LogP contribution is -2.29. The molecule has 2 aromatic rings. The summed E-state index contributed by atoms with van der Waals surface area (Å²) in [5.41, 5.74) is 0.351. The van der Waals surface area contributed by atoms with Crippen LogP contribution in [0.25, 0.3) is 0 Å². The van der Waals surface area contributed by atoms with Crippen molar-refractivity contribution in [2.75, 3.05) is 6.61 Å². The van der Waals surface area contributed by atoms with Crippen LogP contribution in [-0.2, 0) is 4.79 Å². The Balaban J connectivity index is 1.51. The highest BCUT2D eigenvalue weighted by molar-refractivity contribution is 6.43. The number of Topliss-reactive ketones (excluding diaryl/α,β-unsaturated/α-hetero) is 1. The number of unbranched alkanes of at least 4 members (excludes halogenated alkanes) is 13. The zero-order chi connectivity index (χ0) is 25.8. The molecule has 0 aliphatic heterocycles. The van der Waals surface area contributed by atoms with Gasteiger partial charge in [0.25, 0.3) is 0 Å². The van der Waals surface area contributed by atoms with E-state index < -0.39 is 17.1 Å². The predicted molar refractivity (Wildman–Crippen MR) is 148 cm³/mol. The van der Waals surface area contributed by atoms with Crippen molar-refractivity contribution in [1.29, 1.82) is 0 Å². The summed E-state index contributed by atoms with van der Waals surface area (Å²) in [6, 6.07) is 15.3.